The number of rotatable bonds is 4. The SMILES string of the molecule is CC(Sc1ccc(Cl)cc1)C(=O)N1CCc2cc([N+](=O)[O-])ccc21. The van der Waals surface area contributed by atoms with Gasteiger partial charge in [0.2, 0.25) is 5.91 Å². The van der Waals surface area contributed by atoms with Crippen LogP contribution in [0.3, 0.4) is 0 Å². The molecule has 0 N–H and O–H groups in total. The summed E-state index contributed by atoms with van der Waals surface area (Å²) in [6.07, 6.45) is 0.640. The summed E-state index contributed by atoms with van der Waals surface area (Å²) in [6, 6.07) is 12.0. The van der Waals surface area contributed by atoms with Crippen LogP contribution < -0.4 is 4.90 Å². The number of amides is 1. The van der Waals surface area contributed by atoms with Crippen molar-refractivity contribution in [3.05, 3.63) is 63.2 Å². The first-order chi connectivity index (χ1) is 11.5. The van der Waals surface area contributed by atoms with E-state index in [1.165, 1.54) is 17.8 Å². The summed E-state index contributed by atoms with van der Waals surface area (Å²) in [6.45, 7) is 2.42. The van der Waals surface area contributed by atoms with Gasteiger partial charge in [-0.05, 0) is 49.2 Å². The van der Waals surface area contributed by atoms with Gasteiger partial charge in [0.15, 0.2) is 0 Å². The Hall–Kier alpha value is -2.05. The smallest absolute Gasteiger partial charge is 0.269 e. The fourth-order valence-corrected chi connectivity index (χ4v) is 3.77. The Balaban J connectivity index is 1.75. The maximum atomic E-state index is 12.7. The molecule has 1 aliphatic heterocycles. The lowest BCUT2D eigenvalue weighted by Crippen LogP contribution is -2.35. The van der Waals surface area contributed by atoms with E-state index >= 15 is 0 Å². The second kappa shape index (κ2) is 6.83. The number of non-ortho nitro benzene ring substituents is 1. The molecule has 1 aliphatic rings. The minimum Gasteiger partial charge on any atom is -0.311 e. The highest BCUT2D eigenvalue weighted by molar-refractivity contribution is 8.00. The van der Waals surface area contributed by atoms with Crippen LogP contribution in [0.4, 0.5) is 11.4 Å². The van der Waals surface area contributed by atoms with Gasteiger partial charge in [0, 0.05) is 34.3 Å². The van der Waals surface area contributed by atoms with E-state index in [1.807, 2.05) is 19.1 Å². The number of carbonyl (C=O) groups excluding carboxylic acids is 1. The van der Waals surface area contributed by atoms with Crippen molar-refractivity contribution in [3.63, 3.8) is 0 Å². The topological polar surface area (TPSA) is 63.5 Å². The number of carbonyl (C=O) groups is 1. The van der Waals surface area contributed by atoms with Crippen LogP contribution in [-0.4, -0.2) is 22.6 Å². The molecule has 7 heteroatoms. The van der Waals surface area contributed by atoms with Crippen LogP contribution in [0, 0.1) is 10.1 Å². The Morgan fingerprint density at radius 1 is 1.29 bits per heavy atom. The molecule has 1 atom stereocenters. The Bertz CT molecular complexity index is 795. The van der Waals surface area contributed by atoms with E-state index < -0.39 is 4.92 Å². The first kappa shape index (κ1) is 16.8. The summed E-state index contributed by atoms with van der Waals surface area (Å²) in [5.41, 5.74) is 1.68. The quantitative estimate of drug-likeness (QED) is 0.461. The molecular weight excluding hydrogens is 348 g/mol. The van der Waals surface area contributed by atoms with Gasteiger partial charge in [0.05, 0.1) is 10.2 Å². The summed E-state index contributed by atoms with van der Waals surface area (Å²) >= 11 is 7.35. The van der Waals surface area contributed by atoms with Gasteiger partial charge in [0.1, 0.15) is 0 Å². The molecule has 3 rings (SSSR count). The van der Waals surface area contributed by atoms with Gasteiger partial charge >= 0.3 is 0 Å². The maximum absolute atomic E-state index is 12.7. The van der Waals surface area contributed by atoms with Crippen LogP contribution in [0.1, 0.15) is 12.5 Å². The van der Waals surface area contributed by atoms with Gasteiger partial charge < -0.3 is 4.90 Å². The number of anilines is 1. The molecule has 0 bridgehead atoms. The third-order valence-corrected chi connectivity index (χ3v) is 5.26. The molecule has 0 saturated carbocycles. The molecule has 24 heavy (non-hydrogen) atoms. The van der Waals surface area contributed by atoms with Crippen molar-refractivity contribution < 1.29 is 9.72 Å². The molecule has 2 aromatic rings. The second-order valence-electron chi connectivity index (χ2n) is 5.52. The summed E-state index contributed by atoms with van der Waals surface area (Å²) in [5, 5.41) is 11.3. The first-order valence-electron chi connectivity index (χ1n) is 7.46. The molecule has 0 spiro atoms. The lowest BCUT2D eigenvalue weighted by Gasteiger charge is -2.21. The summed E-state index contributed by atoms with van der Waals surface area (Å²) in [7, 11) is 0. The Morgan fingerprint density at radius 3 is 2.67 bits per heavy atom. The molecule has 0 aliphatic carbocycles. The number of nitro groups is 1. The highest BCUT2D eigenvalue weighted by Crippen LogP contribution is 2.34. The summed E-state index contributed by atoms with van der Waals surface area (Å²) in [5.74, 6) is 0.00236. The third kappa shape index (κ3) is 3.39. The monoisotopic (exact) mass is 362 g/mol. The largest absolute Gasteiger partial charge is 0.311 e. The predicted molar refractivity (Wildman–Crippen MR) is 95.9 cm³/mol. The third-order valence-electron chi connectivity index (χ3n) is 3.91. The normalized spacial score (nSPS) is 14.3. The van der Waals surface area contributed by atoms with Crippen molar-refractivity contribution in [3.8, 4) is 0 Å². The Labute approximate surface area is 148 Å². The Kier molecular flexibility index (Phi) is 4.78. The van der Waals surface area contributed by atoms with Gasteiger partial charge in [-0.3, -0.25) is 14.9 Å². The zero-order chi connectivity index (χ0) is 17.3. The lowest BCUT2D eigenvalue weighted by atomic mass is 10.1. The van der Waals surface area contributed by atoms with Crippen molar-refractivity contribution >= 4 is 40.6 Å². The number of benzene rings is 2. The molecule has 0 aromatic heterocycles. The van der Waals surface area contributed by atoms with Gasteiger partial charge in [-0.15, -0.1) is 11.8 Å². The first-order valence-corrected chi connectivity index (χ1v) is 8.72. The van der Waals surface area contributed by atoms with E-state index in [4.69, 9.17) is 11.6 Å². The Morgan fingerprint density at radius 2 is 2.00 bits per heavy atom. The molecule has 1 heterocycles. The number of nitrogens with zero attached hydrogens (tertiary/aromatic N) is 2. The van der Waals surface area contributed by atoms with Crippen molar-refractivity contribution in [2.24, 2.45) is 0 Å². The van der Waals surface area contributed by atoms with E-state index in [-0.39, 0.29) is 16.8 Å². The number of nitro benzene ring substituents is 1. The van der Waals surface area contributed by atoms with Crippen LogP contribution >= 0.6 is 23.4 Å². The minimum absolute atomic E-state index is 0.00236. The van der Waals surface area contributed by atoms with Crippen LogP contribution in [0.5, 0.6) is 0 Å². The fourth-order valence-electron chi connectivity index (χ4n) is 2.72. The van der Waals surface area contributed by atoms with Crippen molar-refractivity contribution in [1.82, 2.24) is 0 Å². The van der Waals surface area contributed by atoms with Gasteiger partial charge in [-0.1, -0.05) is 11.6 Å². The van der Waals surface area contributed by atoms with Crippen LogP contribution in [0.15, 0.2) is 47.4 Å². The molecule has 2 aromatic carbocycles. The molecule has 0 fully saturated rings. The van der Waals surface area contributed by atoms with Crippen molar-refractivity contribution in [1.29, 1.82) is 0 Å². The predicted octanol–water partition coefficient (Wildman–Crippen LogP) is 4.32. The molecular formula is C17H15ClN2O3S. The van der Waals surface area contributed by atoms with Crippen LogP contribution in [-0.2, 0) is 11.2 Å². The molecule has 5 nitrogen and oxygen atoms in total. The number of fused-ring (bicyclic) bond motifs is 1. The fraction of sp³-hybridized carbons (Fsp3) is 0.235. The molecule has 124 valence electrons. The van der Waals surface area contributed by atoms with E-state index in [0.29, 0.717) is 18.0 Å². The molecule has 1 unspecified atom stereocenters. The maximum Gasteiger partial charge on any atom is 0.269 e. The number of thioether (sulfide) groups is 1. The number of halogens is 1. The zero-order valence-electron chi connectivity index (χ0n) is 12.9. The van der Waals surface area contributed by atoms with E-state index in [9.17, 15) is 14.9 Å². The summed E-state index contributed by atoms with van der Waals surface area (Å²) in [4.78, 5) is 25.9. The van der Waals surface area contributed by atoms with E-state index in [1.54, 1.807) is 29.2 Å². The number of hydrogen-bond donors (Lipinski definition) is 0. The molecule has 0 radical (unpaired) electrons. The molecule has 0 saturated heterocycles. The average molecular weight is 363 g/mol. The van der Waals surface area contributed by atoms with E-state index in [2.05, 4.69) is 0 Å². The standard InChI is InChI=1S/C17H15ClN2O3S/c1-11(24-15-5-2-13(18)3-6-15)17(21)19-9-8-12-10-14(20(22)23)4-7-16(12)19/h2-7,10-11H,8-9H2,1H3. The molecule has 1 amide bonds. The van der Waals surface area contributed by atoms with Crippen LogP contribution in [0.2, 0.25) is 5.02 Å². The summed E-state index contributed by atoms with van der Waals surface area (Å²) < 4.78 is 0. The van der Waals surface area contributed by atoms with Crippen molar-refractivity contribution in [2.45, 2.75) is 23.5 Å². The lowest BCUT2D eigenvalue weighted by molar-refractivity contribution is -0.384. The van der Waals surface area contributed by atoms with Gasteiger partial charge in [-0.2, -0.15) is 0 Å². The zero-order valence-corrected chi connectivity index (χ0v) is 14.5. The van der Waals surface area contributed by atoms with Gasteiger partial charge in [0.25, 0.3) is 5.69 Å². The van der Waals surface area contributed by atoms with Crippen LogP contribution in [0.25, 0.3) is 0 Å². The van der Waals surface area contributed by atoms with Crippen molar-refractivity contribution in [2.75, 3.05) is 11.4 Å². The minimum atomic E-state index is -0.413. The van der Waals surface area contributed by atoms with E-state index in [0.717, 1.165) is 16.1 Å². The highest BCUT2D eigenvalue weighted by atomic mass is 35.5. The van der Waals surface area contributed by atoms with Gasteiger partial charge in [-0.25, -0.2) is 0 Å². The number of hydrogen-bond acceptors (Lipinski definition) is 4. The second-order valence-corrected chi connectivity index (χ2v) is 7.37. The average Bonchev–Trinajstić information content (AvgIpc) is 2.99. The highest BCUT2D eigenvalue weighted by Gasteiger charge is 2.29.